The molecule has 0 aliphatic carbocycles. The highest BCUT2D eigenvalue weighted by Crippen LogP contribution is 2.33. The van der Waals surface area contributed by atoms with Crippen molar-refractivity contribution in [2.24, 2.45) is 0 Å². The van der Waals surface area contributed by atoms with Crippen LogP contribution < -0.4 is 10.6 Å². The third kappa shape index (κ3) is 3.07. The van der Waals surface area contributed by atoms with E-state index in [0.29, 0.717) is 5.95 Å². The Kier molecular flexibility index (Phi) is 4.27. The second-order valence-electron chi connectivity index (χ2n) is 8.23. The largest absolute Gasteiger partial charge is 0.381 e. The molecule has 156 valence electrons. The van der Waals surface area contributed by atoms with Crippen LogP contribution in [-0.4, -0.2) is 68.2 Å². The number of fused-ring (bicyclic) bond motifs is 3. The maximum Gasteiger partial charge on any atom is 0.228 e. The average molecular weight is 408 g/mol. The molecule has 3 aromatic heterocycles. The zero-order valence-electron chi connectivity index (χ0n) is 16.6. The fraction of sp³-hybridized carbons (Fsp3) is 0.550. The van der Waals surface area contributed by atoms with E-state index in [4.69, 9.17) is 30.3 Å². The first kappa shape index (κ1) is 18.0. The Balaban J connectivity index is 1.49. The van der Waals surface area contributed by atoms with Gasteiger partial charge in [-0.1, -0.05) is 0 Å². The van der Waals surface area contributed by atoms with Gasteiger partial charge in [-0.2, -0.15) is 10.1 Å². The van der Waals surface area contributed by atoms with Crippen molar-refractivity contribution in [3.05, 3.63) is 18.6 Å². The van der Waals surface area contributed by atoms with E-state index in [9.17, 15) is 0 Å². The summed E-state index contributed by atoms with van der Waals surface area (Å²) in [7, 11) is 0. The lowest BCUT2D eigenvalue weighted by Crippen LogP contribution is -2.43. The zero-order chi connectivity index (χ0) is 20.1. The summed E-state index contributed by atoms with van der Waals surface area (Å²) >= 11 is 0. The number of ether oxygens (including phenoxy) is 2. The van der Waals surface area contributed by atoms with Gasteiger partial charge < -0.3 is 20.1 Å². The Bertz CT molecular complexity index is 1050. The van der Waals surface area contributed by atoms with E-state index >= 15 is 0 Å². The molecule has 10 heteroatoms. The van der Waals surface area contributed by atoms with Crippen LogP contribution in [0.4, 0.5) is 11.9 Å². The predicted octanol–water partition coefficient (Wildman–Crippen LogP) is 1.58. The van der Waals surface area contributed by atoms with Gasteiger partial charge in [0.2, 0.25) is 11.9 Å². The molecule has 2 atom stereocenters. The monoisotopic (exact) mass is 408 g/mol. The normalized spacial score (nSPS) is 24.6. The molecule has 3 aliphatic rings. The molecule has 0 radical (unpaired) electrons. The number of anilines is 2. The summed E-state index contributed by atoms with van der Waals surface area (Å²) in [6.45, 7) is 3.11. The predicted molar refractivity (Wildman–Crippen MR) is 110 cm³/mol. The lowest BCUT2D eigenvalue weighted by atomic mass is 10.1. The Morgan fingerprint density at radius 1 is 0.933 bits per heavy atom. The number of nitrogen functional groups attached to an aromatic ring is 1. The van der Waals surface area contributed by atoms with Crippen LogP contribution in [0.1, 0.15) is 31.7 Å². The third-order valence-electron chi connectivity index (χ3n) is 6.25. The molecule has 2 bridgehead atoms. The highest BCUT2D eigenvalue weighted by Gasteiger charge is 2.35. The standard InChI is InChI=1S/C20H24N8O2/c21-19-22-7-12(8-23-19)17-16-9-24-28(13-3-5-29-6-4-13)18(16)26-20(25-17)27-10-14-1-2-15(11-27)30-14/h7-9,13-15H,1-6,10-11H2,(H2,21,22,23). The highest BCUT2D eigenvalue weighted by molar-refractivity contribution is 5.91. The minimum absolute atomic E-state index is 0.243. The second-order valence-corrected chi connectivity index (χ2v) is 8.23. The molecule has 0 aromatic carbocycles. The number of aromatic nitrogens is 6. The average Bonchev–Trinajstić information content (AvgIpc) is 3.36. The van der Waals surface area contributed by atoms with Crippen LogP contribution in [0.2, 0.25) is 0 Å². The van der Waals surface area contributed by atoms with Gasteiger partial charge >= 0.3 is 0 Å². The van der Waals surface area contributed by atoms with Gasteiger partial charge in [-0.25, -0.2) is 19.6 Å². The van der Waals surface area contributed by atoms with Gasteiger partial charge in [0, 0.05) is 44.3 Å². The molecule has 30 heavy (non-hydrogen) atoms. The van der Waals surface area contributed by atoms with E-state index in [1.807, 2.05) is 10.9 Å². The van der Waals surface area contributed by atoms with Gasteiger partial charge in [-0.3, -0.25) is 0 Å². The van der Waals surface area contributed by atoms with Crippen LogP contribution in [0.25, 0.3) is 22.3 Å². The van der Waals surface area contributed by atoms with E-state index in [2.05, 4.69) is 14.9 Å². The lowest BCUT2D eigenvalue weighted by Gasteiger charge is -2.32. The molecule has 3 saturated heterocycles. The molecule has 3 aromatic rings. The van der Waals surface area contributed by atoms with Crippen LogP contribution in [-0.2, 0) is 9.47 Å². The van der Waals surface area contributed by atoms with Gasteiger partial charge in [0.1, 0.15) is 0 Å². The molecular weight excluding hydrogens is 384 g/mol. The van der Waals surface area contributed by atoms with E-state index in [1.165, 1.54) is 0 Å². The summed E-state index contributed by atoms with van der Waals surface area (Å²) in [6.07, 6.45) is 9.84. The first-order chi connectivity index (χ1) is 14.7. The molecule has 3 fully saturated rings. The molecule has 10 nitrogen and oxygen atoms in total. The van der Waals surface area contributed by atoms with Gasteiger partial charge in [-0.05, 0) is 25.7 Å². The van der Waals surface area contributed by atoms with Crippen LogP contribution in [0.5, 0.6) is 0 Å². The first-order valence-electron chi connectivity index (χ1n) is 10.6. The second kappa shape index (κ2) is 7.13. The van der Waals surface area contributed by atoms with E-state index < -0.39 is 0 Å². The SMILES string of the molecule is Nc1ncc(-c2nc(N3CC4CCC(C3)O4)nc3c2cnn3C2CCOCC2)cn1. The van der Waals surface area contributed by atoms with Crippen molar-refractivity contribution >= 4 is 22.9 Å². The van der Waals surface area contributed by atoms with E-state index in [0.717, 1.165) is 74.3 Å². The quantitative estimate of drug-likeness (QED) is 0.689. The number of hydrogen-bond donors (Lipinski definition) is 1. The summed E-state index contributed by atoms with van der Waals surface area (Å²) in [5.41, 5.74) is 8.13. The number of rotatable bonds is 3. The van der Waals surface area contributed by atoms with Crippen LogP contribution in [0, 0.1) is 0 Å². The number of nitrogens with zero attached hydrogens (tertiary/aromatic N) is 7. The van der Waals surface area contributed by atoms with Crippen LogP contribution in [0.15, 0.2) is 18.6 Å². The Morgan fingerprint density at radius 2 is 1.67 bits per heavy atom. The fourth-order valence-electron chi connectivity index (χ4n) is 4.71. The number of morpholine rings is 1. The van der Waals surface area contributed by atoms with Crippen molar-refractivity contribution in [3.63, 3.8) is 0 Å². The van der Waals surface area contributed by atoms with Crippen LogP contribution in [0.3, 0.4) is 0 Å². The van der Waals surface area contributed by atoms with Gasteiger partial charge in [-0.15, -0.1) is 0 Å². The van der Waals surface area contributed by atoms with Gasteiger partial charge in [0.15, 0.2) is 5.65 Å². The van der Waals surface area contributed by atoms with Crippen molar-refractivity contribution in [2.45, 2.75) is 43.9 Å². The van der Waals surface area contributed by atoms with E-state index in [-0.39, 0.29) is 24.2 Å². The smallest absolute Gasteiger partial charge is 0.228 e. The van der Waals surface area contributed by atoms with Gasteiger partial charge in [0.05, 0.1) is 35.5 Å². The Labute approximate surface area is 173 Å². The van der Waals surface area contributed by atoms with Crippen molar-refractivity contribution in [3.8, 4) is 11.3 Å². The first-order valence-corrected chi connectivity index (χ1v) is 10.6. The molecule has 6 heterocycles. The van der Waals surface area contributed by atoms with Crippen LogP contribution >= 0.6 is 0 Å². The molecule has 2 N–H and O–H groups in total. The zero-order valence-corrected chi connectivity index (χ0v) is 16.6. The maximum absolute atomic E-state index is 6.01. The van der Waals surface area contributed by atoms with Crippen molar-refractivity contribution < 1.29 is 9.47 Å². The number of hydrogen-bond acceptors (Lipinski definition) is 9. The molecule has 0 spiro atoms. The van der Waals surface area contributed by atoms with Crippen molar-refractivity contribution in [2.75, 3.05) is 36.9 Å². The summed E-state index contributed by atoms with van der Waals surface area (Å²) in [4.78, 5) is 20.5. The Hall–Kier alpha value is -2.85. The molecule has 6 rings (SSSR count). The fourth-order valence-corrected chi connectivity index (χ4v) is 4.71. The van der Waals surface area contributed by atoms with E-state index in [1.54, 1.807) is 12.4 Å². The third-order valence-corrected chi connectivity index (χ3v) is 6.25. The molecule has 0 amide bonds. The summed E-state index contributed by atoms with van der Waals surface area (Å²) in [5, 5.41) is 5.60. The van der Waals surface area contributed by atoms with Crippen molar-refractivity contribution in [1.29, 1.82) is 0 Å². The molecular formula is C20H24N8O2. The van der Waals surface area contributed by atoms with Crippen molar-refractivity contribution in [1.82, 2.24) is 29.7 Å². The number of nitrogens with two attached hydrogens (primary N) is 1. The van der Waals surface area contributed by atoms with Gasteiger partial charge in [0.25, 0.3) is 0 Å². The highest BCUT2D eigenvalue weighted by atomic mass is 16.5. The Morgan fingerprint density at radius 3 is 2.40 bits per heavy atom. The maximum atomic E-state index is 6.01. The summed E-state index contributed by atoms with van der Waals surface area (Å²) in [5.74, 6) is 0.954. The summed E-state index contributed by atoms with van der Waals surface area (Å²) in [6, 6.07) is 0.274. The molecule has 0 saturated carbocycles. The summed E-state index contributed by atoms with van der Waals surface area (Å²) < 4.78 is 13.6. The molecule has 3 aliphatic heterocycles. The lowest BCUT2D eigenvalue weighted by molar-refractivity contribution is 0.0299. The molecule has 2 unspecified atom stereocenters. The topological polar surface area (TPSA) is 117 Å². The minimum Gasteiger partial charge on any atom is -0.381 e. The minimum atomic E-state index is 0.243.